The molecule has 0 aliphatic heterocycles. The minimum Gasteiger partial charge on any atom is -0.322 e. The molecule has 0 fully saturated rings. The van der Waals surface area contributed by atoms with Gasteiger partial charge in [0.25, 0.3) is 5.56 Å². The molecule has 21 heavy (non-hydrogen) atoms. The first-order valence-electron chi connectivity index (χ1n) is 6.76. The molecule has 0 amide bonds. The number of benzene rings is 1. The van der Waals surface area contributed by atoms with Crippen LogP contribution in [-0.2, 0) is 0 Å². The van der Waals surface area contributed by atoms with Gasteiger partial charge >= 0.3 is 0 Å². The van der Waals surface area contributed by atoms with Crippen LogP contribution in [0.25, 0.3) is 16.6 Å². The predicted molar refractivity (Wildman–Crippen MR) is 83.3 cm³/mol. The van der Waals surface area contributed by atoms with Gasteiger partial charge in [0.1, 0.15) is 11.6 Å². The van der Waals surface area contributed by atoms with Crippen LogP contribution in [0.2, 0.25) is 0 Å². The van der Waals surface area contributed by atoms with Gasteiger partial charge in [-0.2, -0.15) is 0 Å². The van der Waals surface area contributed by atoms with Crippen molar-refractivity contribution in [1.82, 2.24) is 9.55 Å². The van der Waals surface area contributed by atoms with Crippen molar-refractivity contribution in [2.45, 2.75) is 26.8 Å². The van der Waals surface area contributed by atoms with E-state index in [1.54, 1.807) is 19.1 Å². The van der Waals surface area contributed by atoms with Crippen molar-refractivity contribution in [3.05, 3.63) is 58.4 Å². The Morgan fingerprint density at radius 1 is 1.43 bits per heavy atom. The third kappa shape index (κ3) is 2.78. The Morgan fingerprint density at radius 2 is 2.14 bits per heavy atom. The predicted octanol–water partition coefficient (Wildman–Crippen LogP) is 2.99. The number of fused-ring (bicyclic) bond motifs is 1. The Balaban J connectivity index is 2.92. The molecule has 1 heterocycles. The summed E-state index contributed by atoms with van der Waals surface area (Å²) in [6.07, 6.45) is 5.41. The van der Waals surface area contributed by atoms with E-state index in [1.807, 2.05) is 19.9 Å². The normalized spacial score (nSPS) is 14.0. The first-order valence-corrected chi connectivity index (χ1v) is 6.76. The van der Waals surface area contributed by atoms with Crippen LogP contribution in [0.4, 0.5) is 4.39 Å². The minimum absolute atomic E-state index is 0.239. The first-order chi connectivity index (χ1) is 9.99. The van der Waals surface area contributed by atoms with Gasteiger partial charge in [-0.1, -0.05) is 12.2 Å². The van der Waals surface area contributed by atoms with Gasteiger partial charge in [0.05, 0.1) is 16.9 Å². The molecule has 0 aliphatic rings. The summed E-state index contributed by atoms with van der Waals surface area (Å²) in [6.45, 7) is 5.44. The molecule has 2 N–H and O–H groups in total. The Morgan fingerprint density at radius 3 is 2.71 bits per heavy atom. The number of nitrogens with zero attached hydrogens (tertiary/aromatic N) is 2. The number of hydrogen-bond acceptors (Lipinski definition) is 3. The Labute approximate surface area is 122 Å². The van der Waals surface area contributed by atoms with E-state index in [0.29, 0.717) is 17.0 Å². The number of aromatic nitrogens is 2. The molecule has 0 spiro atoms. The summed E-state index contributed by atoms with van der Waals surface area (Å²) >= 11 is 0. The maximum absolute atomic E-state index is 13.4. The van der Waals surface area contributed by atoms with E-state index in [4.69, 9.17) is 5.73 Å². The molecule has 2 aromatic rings. The molecule has 1 unspecified atom stereocenters. The zero-order valence-electron chi connectivity index (χ0n) is 12.3. The van der Waals surface area contributed by atoms with Crippen molar-refractivity contribution in [3.8, 4) is 0 Å². The molecule has 5 heteroatoms. The fourth-order valence-electron chi connectivity index (χ4n) is 2.20. The van der Waals surface area contributed by atoms with Gasteiger partial charge in [0.2, 0.25) is 0 Å². The summed E-state index contributed by atoms with van der Waals surface area (Å²) in [5.41, 5.74) is 6.73. The second kappa shape index (κ2) is 6.01. The van der Waals surface area contributed by atoms with E-state index in [1.165, 1.54) is 22.8 Å². The van der Waals surface area contributed by atoms with Crippen LogP contribution < -0.4 is 11.3 Å². The molecule has 0 radical (unpaired) electrons. The van der Waals surface area contributed by atoms with Crippen molar-refractivity contribution >= 4 is 16.6 Å². The quantitative estimate of drug-likeness (QED) is 0.883. The number of halogens is 1. The lowest BCUT2D eigenvalue weighted by Gasteiger charge is -2.16. The molecule has 4 nitrogen and oxygen atoms in total. The highest BCUT2D eigenvalue weighted by molar-refractivity contribution is 5.79. The van der Waals surface area contributed by atoms with Gasteiger partial charge in [-0.3, -0.25) is 9.36 Å². The Bertz CT molecular complexity index is 788. The maximum atomic E-state index is 13.4. The molecular weight excluding hydrogens is 269 g/mol. The van der Waals surface area contributed by atoms with E-state index < -0.39 is 11.9 Å². The van der Waals surface area contributed by atoms with Crippen LogP contribution >= 0.6 is 0 Å². The van der Waals surface area contributed by atoms with E-state index in [9.17, 15) is 9.18 Å². The second-order valence-electron chi connectivity index (χ2n) is 4.77. The number of allylic oxidation sites excluding steroid dienone is 4. The standard InChI is InChI=1S/C16H18FN3O/c1-4-6-12(5-2)20-15(10(3)18)19-14-8-7-11(17)9-13(14)16(20)21/h4-10H,18H2,1-3H3. The largest absolute Gasteiger partial charge is 0.322 e. The molecular formula is C16H18FN3O. The highest BCUT2D eigenvalue weighted by Gasteiger charge is 2.16. The van der Waals surface area contributed by atoms with E-state index in [-0.39, 0.29) is 10.9 Å². The number of hydrogen-bond donors (Lipinski definition) is 1. The fraction of sp³-hybridized carbons (Fsp3) is 0.250. The van der Waals surface area contributed by atoms with Crippen molar-refractivity contribution in [2.75, 3.05) is 0 Å². The SMILES string of the molecule is CC=CC(=CC)n1c(C(C)N)nc2ccc(F)cc2c1=O. The van der Waals surface area contributed by atoms with Gasteiger partial charge in [0, 0.05) is 5.70 Å². The van der Waals surface area contributed by atoms with E-state index >= 15 is 0 Å². The maximum Gasteiger partial charge on any atom is 0.266 e. The van der Waals surface area contributed by atoms with Crippen LogP contribution in [0.5, 0.6) is 0 Å². The molecule has 1 aromatic heterocycles. The first kappa shape index (κ1) is 15.1. The highest BCUT2D eigenvalue weighted by Crippen LogP contribution is 2.17. The lowest BCUT2D eigenvalue weighted by molar-refractivity contribution is 0.628. The van der Waals surface area contributed by atoms with Gasteiger partial charge in [-0.15, -0.1) is 0 Å². The number of rotatable bonds is 3. The lowest BCUT2D eigenvalue weighted by Crippen LogP contribution is -2.28. The van der Waals surface area contributed by atoms with Gasteiger partial charge in [0.15, 0.2) is 0 Å². The van der Waals surface area contributed by atoms with E-state index in [2.05, 4.69) is 4.98 Å². The lowest BCUT2D eigenvalue weighted by atomic mass is 10.2. The zero-order chi connectivity index (χ0) is 15.6. The molecule has 0 saturated carbocycles. The van der Waals surface area contributed by atoms with Crippen LogP contribution in [0.15, 0.2) is 41.2 Å². The van der Waals surface area contributed by atoms with Gasteiger partial charge < -0.3 is 5.73 Å². The summed E-state index contributed by atoms with van der Waals surface area (Å²) in [4.78, 5) is 17.1. The summed E-state index contributed by atoms with van der Waals surface area (Å²) in [7, 11) is 0. The van der Waals surface area contributed by atoms with Crippen LogP contribution in [-0.4, -0.2) is 9.55 Å². The molecule has 110 valence electrons. The molecule has 1 aromatic carbocycles. The van der Waals surface area contributed by atoms with Gasteiger partial charge in [-0.05, 0) is 45.0 Å². The molecule has 1 atom stereocenters. The third-order valence-corrected chi connectivity index (χ3v) is 3.15. The summed E-state index contributed by atoms with van der Waals surface area (Å²) in [6, 6.07) is 3.56. The zero-order valence-corrected chi connectivity index (χ0v) is 12.3. The Hall–Kier alpha value is -2.27. The van der Waals surface area contributed by atoms with Crippen LogP contribution in [0.3, 0.4) is 0 Å². The number of nitrogens with two attached hydrogens (primary N) is 1. The van der Waals surface area contributed by atoms with Crippen molar-refractivity contribution in [1.29, 1.82) is 0 Å². The monoisotopic (exact) mass is 287 g/mol. The topological polar surface area (TPSA) is 60.9 Å². The van der Waals surface area contributed by atoms with Crippen LogP contribution in [0.1, 0.15) is 32.6 Å². The summed E-state index contributed by atoms with van der Waals surface area (Å²) in [5.74, 6) is -0.0140. The smallest absolute Gasteiger partial charge is 0.266 e. The second-order valence-corrected chi connectivity index (χ2v) is 4.77. The third-order valence-electron chi connectivity index (χ3n) is 3.15. The van der Waals surface area contributed by atoms with Crippen molar-refractivity contribution in [3.63, 3.8) is 0 Å². The average Bonchev–Trinajstić information content (AvgIpc) is 2.45. The van der Waals surface area contributed by atoms with Gasteiger partial charge in [-0.25, -0.2) is 9.37 Å². The highest BCUT2D eigenvalue weighted by atomic mass is 19.1. The van der Waals surface area contributed by atoms with Crippen LogP contribution in [0, 0.1) is 5.82 Å². The molecule has 0 saturated heterocycles. The molecule has 2 rings (SSSR count). The van der Waals surface area contributed by atoms with E-state index in [0.717, 1.165) is 0 Å². The summed E-state index contributed by atoms with van der Waals surface area (Å²) < 4.78 is 14.8. The summed E-state index contributed by atoms with van der Waals surface area (Å²) in [5, 5.41) is 0.239. The Kier molecular flexibility index (Phi) is 4.33. The van der Waals surface area contributed by atoms with Crippen molar-refractivity contribution < 1.29 is 4.39 Å². The fourth-order valence-corrected chi connectivity index (χ4v) is 2.20. The molecule has 0 aliphatic carbocycles. The van der Waals surface area contributed by atoms with Crippen molar-refractivity contribution in [2.24, 2.45) is 5.73 Å². The molecule has 0 bridgehead atoms. The minimum atomic E-state index is -0.463. The average molecular weight is 287 g/mol.